The van der Waals surface area contributed by atoms with E-state index in [1.807, 2.05) is 0 Å². The molecule has 0 fully saturated rings. The van der Waals surface area contributed by atoms with Crippen LogP contribution in [-0.4, -0.2) is 48.3 Å². The van der Waals surface area contributed by atoms with Gasteiger partial charge in [-0.05, 0) is 29.5 Å². The summed E-state index contributed by atoms with van der Waals surface area (Å²) in [5, 5.41) is 28.0. The molecule has 0 bridgehead atoms. The van der Waals surface area contributed by atoms with Crippen LogP contribution in [0.25, 0.3) is 0 Å². The SMILES string of the molecule is CC1=NN(C(=O)c2ccc(Cn3ccc([N+](=O)[O-])n3)cc2)[C@](O)(C(F)(F)F)C1. The van der Waals surface area contributed by atoms with Crippen molar-refractivity contribution in [2.24, 2.45) is 5.10 Å². The van der Waals surface area contributed by atoms with Crippen molar-refractivity contribution in [3.63, 3.8) is 0 Å². The molecule has 3 rings (SSSR count). The van der Waals surface area contributed by atoms with Gasteiger partial charge in [0.15, 0.2) is 0 Å². The van der Waals surface area contributed by atoms with Crippen LogP contribution in [0.5, 0.6) is 0 Å². The Hall–Kier alpha value is -3.28. The summed E-state index contributed by atoms with van der Waals surface area (Å²) in [6.45, 7) is 1.45. The standard InChI is InChI=1S/C16H14F3N5O4/c1-10-8-15(26,16(17,18)19)23(20-10)14(25)12-4-2-11(3-5-12)9-22-7-6-13(21-22)24(27)28/h2-7,26H,8-9H2,1H3/t15-/m1/s1. The predicted molar refractivity (Wildman–Crippen MR) is 89.3 cm³/mol. The summed E-state index contributed by atoms with van der Waals surface area (Å²) < 4.78 is 41.0. The van der Waals surface area contributed by atoms with E-state index in [1.54, 1.807) is 0 Å². The number of rotatable bonds is 4. The van der Waals surface area contributed by atoms with Crippen LogP contribution in [0.15, 0.2) is 41.6 Å². The lowest BCUT2D eigenvalue weighted by molar-refractivity contribution is -0.389. The molecule has 0 saturated heterocycles. The molecule has 1 aliphatic rings. The van der Waals surface area contributed by atoms with Gasteiger partial charge in [-0.1, -0.05) is 12.1 Å². The average molecular weight is 397 g/mol. The Balaban J connectivity index is 1.79. The number of nitrogens with zero attached hydrogens (tertiary/aromatic N) is 5. The summed E-state index contributed by atoms with van der Waals surface area (Å²) in [7, 11) is 0. The molecule has 1 amide bonds. The molecule has 148 valence electrons. The molecule has 2 aromatic rings. The highest BCUT2D eigenvalue weighted by molar-refractivity contribution is 5.97. The van der Waals surface area contributed by atoms with Crippen molar-refractivity contribution in [3.05, 3.63) is 57.8 Å². The number of amides is 1. The Labute approximate surface area is 155 Å². The van der Waals surface area contributed by atoms with E-state index in [9.17, 15) is 33.2 Å². The first-order valence-corrected chi connectivity index (χ1v) is 7.96. The second kappa shape index (κ2) is 6.71. The molecular formula is C16H14F3N5O4. The lowest BCUT2D eigenvalue weighted by atomic mass is 10.1. The third-order valence-corrected chi connectivity index (χ3v) is 4.13. The van der Waals surface area contributed by atoms with Crippen LogP contribution in [0.3, 0.4) is 0 Å². The number of hydrogen-bond donors (Lipinski definition) is 1. The summed E-state index contributed by atoms with van der Waals surface area (Å²) in [5.74, 6) is -1.42. The first-order valence-electron chi connectivity index (χ1n) is 7.96. The Morgan fingerprint density at radius 1 is 1.32 bits per heavy atom. The van der Waals surface area contributed by atoms with Gasteiger partial charge in [0.05, 0.1) is 23.9 Å². The molecule has 1 N–H and O–H groups in total. The van der Waals surface area contributed by atoms with E-state index in [0.717, 1.165) is 0 Å². The number of hydrogen-bond acceptors (Lipinski definition) is 6. The molecule has 1 aliphatic heterocycles. The number of alkyl halides is 3. The smallest absolute Gasteiger partial charge is 0.362 e. The van der Waals surface area contributed by atoms with Crippen molar-refractivity contribution in [2.75, 3.05) is 0 Å². The van der Waals surface area contributed by atoms with Gasteiger partial charge in [-0.15, -0.1) is 0 Å². The van der Waals surface area contributed by atoms with Crippen LogP contribution in [0.1, 0.15) is 29.3 Å². The van der Waals surface area contributed by atoms with Crippen molar-refractivity contribution in [1.29, 1.82) is 0 Å². The zero-order chi connectivity index (χ0) is 20.7. The van der Waals surface area contributed by atoms with Crippen molar-refractivity contribution in [3.8, 4) is 0 Å². The molecule has 0 unspecified atom stereocenters. The molecule has 1 aromatic carbocycles. The number of carbonyl (C=O) groups is 1. The van der Waals surface area contributed by atoms with E-state index in [1.165, 1.54) is 48.1 Å². The minimum atomic E-state index is -5.07. The lowest BCUT2D eigenvalue weighted by Gasteiger charge is -2.32. The van der Waals surface area contributed by atoms with E-state index in [2.05, 4.69) is 10.2 Å². The van der Waals surface area contributed by atoms with E-state index in [-0.39, 0.29) is 28.6 Å². The molecule has 1 aromatic heterocycles. The fraction of sp³-hybridized carbons (Fsp3) is 0.312. The highest BCUT2D eigenvalue weighted by Gasteiger charge is 2.62. The summed E-state index contributed by atoms with van der Waals surface area (Å²) in [6, 6.07) is 6.74. The molecule has 0 saturated carbocycles. The summed E-state index contributed by atoms with van der Waals surface area (Å²) in [6.07, 6.45) is -4.49. The number of aromatic nitrogens is 2. The molecule has 2 heterocycles. The zero-order valence-electron chi connectivity index (χ0n) is 14.4. The molecular weight excluding hydrogens is 383 g/mol. The number of halogens is 3. The Morgan fingerprint density at radius 2 is 1.96 bits per heavy atom. The first-order chi connectivity index (χ1) is 13.0. The average Bonchev–Trinajstić information content (AvgIpc) is 3.19. The van der Waals surface area contributed by atoms with Gasteiger partial charge in [0.1, 0.15) is 0 Å². The number of benzene rings is 1. The van der Waals surface area contributed by atoms with Crippen LogP contribution in [-0.2, 0) is 6.54 Å². The van der Waals surface area contributed by atoms with Gasteiger partial charge in [0.2, 0.25) is 0 Å². The van der Waals surface area contributed by atoms with Crippen LogP contribution < -0.4 is 0 Å². The van der Waals surface area contributed by atoms with E-state index < -0.39 is 29.2 Å². The molecule has 0 radical (unpaired) electrons. The fourth-order valence-electron chi connectivity index (χ4n) is 2.75. The number of carbonyl (C=O) groups excluding carboxylic acids is 1. The largest absolute Gasteiger partial charge is 0.438 e. The second-order valence-corrected chi connectivity index (χ2v) is 6.27. The second-order valence-electron chi connectivity index (χ2n) is 6.27. The van der Waals surface area contributed by atoms with Crippen molar-refractivity contribution < 1.29 is 28.0 Å². The Bertz CT molecular complexity index is 954. The van der Waals surface area contributed by atoms with Crippen molar-refractivity contribution in [1.82, 2.24) is 14.8 Å². The van der Waals surface area contributed by atoms with Crippen LogP contribution in [0.4, 0.5) is 19.0 Å². The number of hydrazone groups is 1. The normalized spacial score (nSPS) is 19.6. The molecule has 0 spiro atoms. The molecule has 1 atom stereocenters. The van der Waals surface area contributed by atoms with Crippen molar-refractivity contribution in [2.45, 2.75) is 31.8 Å². The van der Waals surface area contributed by atoms with E-state index >= 15 is 0 Å². The summed E-state index contributed by atoms with van der Waals surface area (Å²) in [5.41, 5.74) is -2.90. The molecule has 12 heteroatoms. The quantitative estimate of drug-likeness (QED) is 0.628. The predicted octanol–water partition coefficient (Wildman–Crippen LogP) is 2.31. The molecule has 28 heavy (non-hydrogen) atoms. The summed E-state index contributed by atoms with van der Waals surface area (Å²) >= 11 is 0. The monoisotopic (exact) mass is 397 g/mol. The van der Waals surface area contributed by atoms with Crippen LogP contribution in [0, 0.1) is 10.1 Å². The van der Waals surface area contributed by atoms with Crippen molar-refractivity contribution >= 4 is 17.4 Å². The highest BCUT2D eigenvalue weighted by Crippen LogP contribution is 2.40. The topological polar surface area (TPSA) is 114 Å². The Kier molecular flexibility index (Phi) is 4.67. The molecule has 0 aliphatic carbocycles. The van der Waals surface area contributed by atoms with Gasteiger partial charge in [-0.2, -0.15) is 28.0 Å². The lowest BCUT2D eigenvalue weighted by Crippen LogP contribution is -2.56. The van der Waals surface area contributed by atoms with Gasteiger partial charge in [0, 0.05) is 17.7 Å². The maximum absolute atomic E-state index is 13.2. The van der Waals surface area contributed by atoms with Gasteiger partial charge in [0.25, 0.3) is 11.6 Å². The highest BCUT2D eigenvalue weighted by atomic mass is 19.4. The van der Waals surface area contributed by atoms with Gasteiger partial charge < -0.3 is 15.2 Å². The zero-order valence-corrected chi connectivity index (χ0v) is 14.4. The fourth-order valence-corrected chi connectivity index (χ4v) is 2.75. The van der Waals surface area contributed by atoms with Crippen LogP contribution >= 0.6 is 0 Å². The number of nitro groups is 1. The van der Waals surface area contributed by atoms with E-state index in [4.69, 9.17) is 0 Å². The summed E-state index contributed by atoms with van der Waals surface area (Å²) in [4.78, 5) is 22.5. The third kappa shape index (κ3) is 3.45. The van der Waals surface area contributed by atoms with Crippen LogP contribution in [0.2, 0.25) is 0 Å². The first kappa shape index (κ1) is 19.5. The maximum atomic E-state index is 13.2. The minimum absolute atomic E-state index is 0.0231. The Morgan fingerprint density at radius 3 is 2.50 bits per heavy atom. The molecule has 9 nitrogen and oxygen atoms in total. The number of aliphatic hydroxyl groups is 1. The van der Waals surface area contributed by atoms with Gasteiger partial charge in [-0.3, -0.25) is 4.79 Å². The maximum Gasteiger partial charge on any atom is 0.438 e. The van der Waals surface area contributed by atoms with Gasteiger partial charge >= 0.3 is 12.0 Å². The van der Waals surface area contributed by atoms with E-state index in [0.29, 0.717) is 5.56 Å². The third-order valence-electron chi connectivity index (χ3n) is 4.13. The van der Waals surface area contributed by atoms with Gasteiger partial charge in [-0.25, -0.2) is 0 Å². The minimum Gasteiger partial charge on any atom is -0.362 e.